The maximum absolute atomic E-state index is 12.8. The molecule has 0 saturated carbocycles. The van der Waals surface area contributed by atoms with Crippen LogP contribution in [0.4, 0.5) is 0 Å². The van der Waals surface area contributed by atoms with Crippen molar-refractivity contribution in [2.45, 2.75) is 26.3 Å². The van der Waals surface area contributed by atoms with E-state index in [1.807, 2.05) is 0 Å². The topological polar surface area (TPSA) is 130 Å². The number of fused-ring (bicyclic) bond motifs is 1. The molecule has 4 N–H and O–H groups in total. The summed E-state index contributed by atoms with van der Waals surface area (Å²) in [6.07, 6.45) is 0.335. The predicted molar refractivity (Wildman–Crippen MR) is 86.6 cm³/mol. The number of aromatic nitrogens is 2. The van der Waals surface area contributed by atoms with E-state index in [1.165, 1.54) is 18.6 Å². The molecule has 2 aromatic heterocycles. The van der Waals surface area contributed by atoms with E-state index in [4.69, 9.17) is 16.2 Å². The van der Waals surface area contributed by atoms with E-state index < -0.39 is 23.4 Å². The third-order valence-electron chi connectivity index (χ3n) is 3.62. The monoisotopic (exact) mass is 338 g/mol. The molecular formula is C14H18N4O4S. The number of nitrogens with zero attached hydrogens (tertiary/aromatic N) is 2. The van der Waals surface area contributed by atoms with Gasteiger partial charge in [-0.1, -0.05) is 0 Å². The first-order valence-corrected chi connectivity index (χ1v) is 7.73. The third kappa shape index (κ3) is 2.97. The lowest BCUT2D eigenvalue weighted by Crippen LogP contribution is -2.35. The van der Waals surface area contributed by atoms with Crippen LogP contribution in [0.5, 0.6) is 0 Å². The fourth-order valence-corrected chi connectivity index (χ4v) is 3.41. The Balaban J connectivity index is 2.81. The lowest BCUT2D eigenvalue weighted by Gasteiger charge is -2.16. The van der Waals surface area contributed by atoms with Crippen molar-refractivity contribution in [1.82, 2.24) is 9.55 Å². The molecule has 0 fully saturated rings. The van der Waals surface area contributed by atoms with Gasteiger partial charge in [0.05, 0.1) is 16.9 Å². The summed E-state index contributed by atoms with van der Waals surface area (Å²) in [4.78, 5) is 41.0. The molecule has 0 aromatic carbocycles. The van der Waals surface area contributed by atoms with E-state index in [0.29, 0.717) is 29.2 Å². The molecule has 1 unspecified atom stereocenters. The highest BCUT2D eigenvalue weighted by atomic mass is 32.1. The second-order valence-electron chi connectivity index (χ2n) is 5.12. The molecule has 9 heteroatoms. The zero-order chi connectivity index (χ0) is 17.3. The molecule has 0 radical (unpaired) electrons. The second-order valence-corrected chi connectivity index (χ2v) is 6.12. The van der Waals surface area contributed by atoms with Gasteiger partial charge in [-0.05, 0) is 19.4 Å². The average Bonchev–Trinajstić information content (AvgIpc) is 2.81. The number of carbonyl (C=O) groups is 2. The molecule has 2 heterocycles. The highest BCUT2D eigenvalue weighted by Crippen LogP contribution is 2.27. The molecule has 0 bridgehead atoms. The molecule has 0 aliphatic rings. The van der Waals surface area contributed by atoms with Crippen LogP contribution < -0.4 is 17.0 Å². The Morgan fingerprint density at radius 3 is 2.57 bits per heavy atom. The lowest BCUT2D eigenvalue weighted by atomic mass is 10.2. The van der Waals surface area contributed by atoms with Gasteiger partial charge < -0.3 is 16.2 Å². The largest absolute Gasteiger partial charge is 0.384 e. The quantitative estimate of drug-likeness (QED) is 0.771. The van der Waals surface area contributed by atoms with Crippen LogP contribution in [-0.2, 0) is 16.0 Å². The summed E-state index contributed by atoms with van der Waals surface area (Å²) < 4.78 is 6.28. The minimum atomic E-state index is -0.859. The van der Waals surface area contributed by atoms with Gasteiger partial charge in [-0.2, -0.15) is 0 Å². The summed E-state index contributed by atoms with van der Waals surface area (Å²) in [5.74, 6) is -0.874. The number of carbonyl (C=O) groups excluding carboxylic acids is 2. The van der Waals surface area contributed by atoms with Crippen LogP contribution in [0.2, 0.25) is 0 Å². The van der Waals surface area contributed by atoms with Crippen LogP contribution in [-0.4, -0.2) is 35.1 Å². The van der Waals surface area contributed by atoms with Crippen molar-refractivity contribution >= 4 is 33.4 Å². The van der Waals surface area contributed by atoms with Crippen LogP contribution in [0.25, 0.3) is 10.2 Å². The minimum Gasteiger partial charge on any atom is -0.384 e. The molecule has 0 saturated heterocycles. The summed E-state index contributed by atoms with van der Waals surface area (Å²) in [5.41, 5.74) is 10.7. The van der Waals surface area contributed by atoms with Crippen molar-refractivity contribution < 1.29 is 14.3 Å². The number of methoxy groups -OCH3 is 1. The first kappa shape index (κ1) is 17.1. The van der Waals surface area contributed by atoms with Crippen molar-refractivity contribution in [2.24, 2.45) is 11.5 Å². The zero-order valence-corrected chi connectivity index (χ0v) is 13.9. The van der Waals surface area contributed by atoms with Crippen molar-refractivity contribution in [3.05, 3.63) is 26.6 Å². The summed E-state index contributed by atoms with van der Waals surface area (Å²) >= 11 is 1.07. The molecule has 2 amide bonds. The molecule has 124 valence electrons. The molecule has 2 aromatic rings. The van der Waals surface area contributed by atoms with Gasteiger partial charge in [0.25, 0.3) is 11.5 Å². The highest BCUT2D eigenvalue weighted by Gasteiger charge is 2.24. The molecule has 8 nitrogen and oxygen atoms in total. The number of aryl methyl sites for hydroxylation is 1. The number of hydrogen-bond acceptors (Lipinski definition) is 6. The van der Waals surface area contributed by atoms with E-state index in [2.05, 4.69) is 4.98 Å². The number of ether oxygens (including phenoxy) is 1. The summed E-state index contributed by atoms with van der Waals surface area (Å²) in [5, 5.41) is 0.290. The molecule has 2 rings (SSSR count). The van der Waals surface area contributed by atoms with Gasteiger partial charge in [0.15, 0.2) is 0 Å². The average molecular weight is 338 g/mol. The molecular weight excluding hydrogens is 320 g/mol. The number of thiophene rings is 1. The summed E-state index contributed by atoms with van der Waals surface area (Å²) in [7, 11) is 1.53. The predicted octanol–water partition coefficient (Wildman–Crippen LogP) is 0.101. The van der Waals surface area contributed by atoms with Gasteiger partial charge in [0.1, 0.15) is 16.7 Å². The Labute approximate surface area is 136 Å². The number of nitrogens with two attached hydrogens (primary N) is 2. The van der Waals surface area contributed by atoms with Crippen molar-refractivity contribution in [1.29, 1.82) is 0 Å². The van der Waals surface area contributed by atoms with Crippen LogP contribution in [0.15, 0.2) is 4.79 Å². The smallest absolute Gasteiger partial charge is 0.263 e. The second kappa shape index (κ2) is 6.47. The van der Waals surface area contributed by atoms with E-state index >= 15 is 0 Å². The van der Waals surface area contributed by atoms with Gasteiger partial charge in [-0.15, -0.1) is 11.3 Å². The Kier molecular flexibility index (Phi) is 4.81. The summed E-state index contributed by atoms with van der Waals surface area (Å²) in [6.45, 7) is 3.50. The van der Waals surface area contributed by atoms with Crippen LogP contribution in [0, 0.1) is 6.92 Å². The van der Waals surface area contributed by atoms with Crippen molar-refractivity contribution in [3.8, 4) is 0 Å². The fraction of sp³-hybridized carbons (Fsp3) is 0.429. The van der Waals surface area contributed by atoms with E-state index in [0.717, 1.165) is 11.3 Å². The van der Waals surface area contributed by atoms with Gasteiger partial charge in [-0.3, -0.25) is 19.0 Å². The standard InChI is InChI=1S/C14H18N4O4S/c1-6-9-13(23-10(6)12(16)20)17-8(4-5-22-3)18(14(9)21)7(2)11(15)19/h7H,4-5H2,1-3H3,(H2,15,19)(H2,16,20). The van der Waals surface area contributed by atoms with Crippen molar-refractivity contribution in [3.63, 3.8) is 0 Å². The number of primary amides is 2. The Hall–Kier alpha value is -2.26. The number of hydrogen-bond donors (Lipinski definition) is 2. The Bertz CT molecular complexity index is 839. The van der Waals surface area contributed by atoms with E-state index in [9.17, 15) is 14.4 Å². The highest BCUT2D eigenvalue weighted by molar-refractivity contribution is 7.20. The van der Waals surface area contributed by atoms with E-state index in [1.54, 1.807) is 6.92 Å². The maximum atomic E-state index is 12.8. The van der Waals surface area contributed by atoms with Gasteiger partial charge in [0.2, 0.25) is 5.91 Å². The maximum Gasteiger partial charge on any atom is 0.263 e. The zero-order valence-electron chi connectivity index (χ0n) is 13.1. The van der Waals surface area contributed by atoms with Crippen LogP contribution in [0.1, 0.15) is 34.0 Å². The first-order valence-electron chi connectivity index (χ1n) is 6.92. The molecule has 0 aliphatic heterocycles. The van der Waals surface area contributed by atoms with Gasteiger partial charge in [0, 0.05) is 13.5 Å². The Morgan fingerprint density at radius 1 is 1.39 bits per heavy atom. The van der Waals surface area contributed by atoms with Crippen molar-refractivity contribution in [2.75, 3.05) is 13.7 Å². The van der Waals surface area contributed by atoms with Gasteiger partial charge in [-0.25, -0.2) is 4.98 Å². The SMILES string of the molecule is COCCc1nc2sc(C(N)=O)c(C)c2c(=O)n1C(C)C(N)=O. The molecule has 1 atom stereocenters. The van der Waals surface area contributed by atoms with E-state index in [-0.39, 0.29) is 10.3 Å². The molecule has 23 heavy (non-hydrogen) atoms. The minimum absolute atomic E-state index is 0.284. The van der Waals surface area contributed by atoms with Gasteiger partial charge >= 0.3 is 0 Å². The summed E-state index contributed by atoms with van der Waals surface area (Å²) in [6, 6.07) is -0.859. The number of rotatable bonds is 6. The van der Waals surface area contributed by atoms with Crippen LogP contribution in [0.3, 0.4) is 0 Å². The Morgan fingerprint density at radius 2 is 2.04 bits per heavy atom. The molecule has 0 aliphatic carbocycles. The normalized spacial score (nSPS) is 12.5. The van der Waals surface area contributed by atoms with Crippen LogP contribution >= 0.6 is 11.3 Å². The third-order valence-corrected chi connectivity index (χ3v) is 4.82. The fourth-order valence-electron chi connectivity index (χ4n) is 2.37. The first-order chi connectivity index (χ1) is 10.8. The molecule has 0 spiro atoms. The lowest BCUT2D eigenvalue weighted by molar-refractivity contribution is -0.120. The number of amides is 2.